The highest BCUT2D eigenvalue weighted by Gasteiger charge is 2.28. The molecule has 18 heavy (non-hydrogen) atoms. The predicted octanol–water partition coefficient (Wildman–Crippen LogP) is 4.51. The molecule has 0 saturated carbocycles. The zero-order valence-corrected chi connectivity index (χ0v) is 12.9. The number of aromatic amines is 1. The van der Waals surface area contributed by atoms with Gasteiger partial charge in [0.25, 0.3) is 0 Å². The Bertz CT molecular complexity index is 382. The van der Waals surface area contributed by atoms with Crippen LogP contribution in [0, 0.1) is 0 Å². The molecule has 1 N–H and O–H groups in total. The van der Waals surface area contributed by atoms with Crippen molar-refractivity contribution in [3.05, 3.63) is 11.4 Å². The van der Waals surface area contributed by atoms with E-state index in [0.717, 1.165) is 29.9 Å². The Balaban J connectivity index is 3.27. The van der Waals surface area contributed by atoms with E-state index in [0.29, 0.717) is 0 Å². The van der Waals surface area contributed by atoms with Crippen molar-refractivity contribution < 1.29 is 0 Å². The van der Waals surface area contributed by atoms with E-state index in [1.165, 1.54) is 0 Å². The summed E-state index contributed by atoms with van der Waals surface area (Å²) >= 11 is 0. The summed E-state index contributed by atoms with van der Waals surface area (Å²) in [5, 5.41) is 7.68. The molecule has 0 aliphatic heterocycles. The number of unbranched alkanes of at least 4 members (excludes halogenated alkanes) is 1. The van der Waals surface area contributed by atoms with Crippen LogP contribution < -0.4 is 0 Å². The molecule has 0 radical (unpaired) electrons. The maximum atomic E-state index is 4.67. The first-order valence-corrected chi connectivity index (χ1v) is 6.79. The van der Waals surface area contributed by atoms with Crippen LogP contribution in [0.15, 0.2) is 4.99 Å². The van der Waals surface area contributed by atoms with Crippen molar-refractivity contribution in [1.29, 1.82) is 0 Å². The predicted molar refractivity (Wildman–Crippen MR) is 79.0 cm³/mol. The van der Waals surface area contributed by atoms with Crippen molar-refractivity contribution in [3.63, 3.8) is 0 Å². The molecule has 3 nitrogen and oxygen atoms in total. The van der Waals surface area contributed by atoms with Crippen molar-refractivity contribution >= 4 is 11.9 Å². The smallest absolute Gasteiger partial charge is 0.108 e. The normalized spacial score (nSPS) is 13.5. The monoisotopic (exact) mass is 249 g/mol. The van der Waals surface area contributed by atoms with E-state index in [9.17, 15) is 0 Å². The number of hydrogen-bond donors (Lipinski definition) is 1. The molecule has 0 aliphatic rings. The van der Waals surface area contributed by atoms with Crippen LogP contribution in [0.4, 0.5) is 5.69 Å². The molecule has 0 aliphatic carbocycles. The lowest BCUT2D eigenvalue weighted by molar-refractivity contribution is 0.563. The standard InChI is InChI=1S/C15H27N3/c1-8-9-10-16-11-12(14(2,3)4)17-18-13(11)15(5,6)7/h10H,8-9H2,1-7H3,(H,17,18). The highest BCUT2D eigenvalue weighted by Crippen LogP contribution is 2.37. The van der Waals surface area contributed by atoms with Crippen LogP contribution >= 0.6 is 0 Å². The van der Waals surface area contributed by atoms with Crippen molar-refractivity contribution in [2.24, 2.45) is 4.99 Å². The first-order valence-electron chi connectivity index (χ1n) is 6.79. The molecule has 0 unspecified atom stereocenters. The molecule has 0 saturated heterocycles. The third-order valence-corrected chi connectivity index (χ3v) is 2.84. The summed E-state index contributed by atoms with van der Waals surface area (Å²) < 4.78 is 0. The largest absolute Gasteiger partial charge is 0.279 e. The second kappa shape index (κ2) is 5.25. The second-order valence-electron chi connectivity index (χ2n) is 6.90. The van der Waals surface area contributed by atoms with Gasteiger partial charge >= 0.3 is 0 Å². The van der Waals surface area contributed by atoms with E-state index < -0.39 is 0 Å². The third kappa shape index (κ3) is 3.44. The highest BCUT2D eigenvalue weighted by molar-refractivity contribution is 5.66. The van der Waals surface area contributed by atoms with Gasteiger partial charge in [-0.1, -0.05) is 54.9 Å². The van der Waals surface area contributed by atoms with E-state index in [1.54, 1.807) is 0 Å². The average Bonchev–Trinajstić information content (AvgIpc) is 2.60. The van der Waals surface area contributed by atoms with Gasteiger partial charge in [0, 0.05) is 17.0 Å². The van der Waals surface area contributed by atoms with Crippen molar-refractivity contribution in [1.82, 2.24) is 10.2 Å². The SMILES string of the molecule is CCCC=Nc1c(C(C)(C)C)n[nH]c1C(C)(C)C. The number of nitrogens with one attached hydrogen (secondary N) is 1. The zero-order valence-electron chi connectivity index (χ0n) is 12.9. The Hall–Kier alpha value is -1.12. The Morgan fingerprint density at radius 1 is 1.11 bits per heavy atom. The van der Waals surface area contributed by atoms with Crippen molar-refractivity contribution in [2.45, 2.75) is 72.1 Å². The lowest BCUT2D eigenvalue weighted by atomic mass is 9.86. The molecule has 0 atom stereocenters. The van der Waals surface area contributed by atoms with Crippen LogP contribution in [0.25, 0.3) is 0 Å². The zero-order chi connectivity index (χ0) is 14.0. The Morgan fingerprint density at radius 3 is 2.17 bits per heavy atom. The summed E-state index contributed by atoms with van der Waals surface area (Å²) in [6, 6.07) is 0. The van der Waals surface area contributed by atoms with E-state index in [2.05, 4.69) is 63.7 Å². The molecule has 0 fully saturated rings. The minimum Gasteiger partial charge on any atom is -0.279 e. The van der Waals surface area contributed by atoms with Gasteiger partial charge in [0.2, 0.25) is 0 Å². The Kier molecular flexibility index (Phi) is 4.36. The topological polar surface area (TPSA) is 41.0 Å². The molecule has 102 valence electrons. The molecule has 3 heteroatoms. The molecule has 0 aromatic carbocycles. The first-order chi connectivity index (χ1) is 8.18. The van der Waals surface area contributed by atoms with Crippen molar-refractivity contribution in [3.8, 4) is 0 Å². The van der Waals surface area contributed by atoms with E-state index in [1.807, 2.05) is 6.21 Å². The molecular formula is C15H27N3. The Labute approximate surface area is 111 Å². The maximum absolute atomic E-state index is 4.67. The summed E-state index contributed by atoms with van der Waals surface area (Å²) in [4.78, 5) is 4.67. The quantitative estimate of drug-likeness (QED) is 0.787. The fourth-order valence-electron chi connectivity index (χ4n) is 1.79. The van der Waals surface area contributed by atoms with Crippen LogP contribution in [-0.2, 0) is 10.8 Å². The van der Waals surface area contributed by atoms with Crippen LogP contribution in [0.2, 0.25) is 0 Å². The summed E-state index contributed by atoms with van der Waals surface area (Å²) in [6.07, 6.45) is 4.14. The molecule has 1 aromatic heterocycles. The number of nitrogens with zero attached hydrogens (tertiary/aromatic N) is 2. The fourth-order valence-corrected chi connectivity index (χ4v) is 1.79. The summed E-state index contributed by atoms with van der Waals surface area (Å²) in [6.45, 7) is 15.2. The summed E-state index contributed by atoms with van der Waals surface area (Å²) in [7, 11) is 0. The average molecular weight is 249 g/mol. The molecular weight excluding hydrogens is 222 g/mol. The van der Waals surface area contributed by atoms with E-state index in [-0.39, 0.29) is 10.8 Å². The molecule has 1 aromatic rings. The third-order valence-electron chi connectivity index (χ3n) is 2.84. The molecule has 0 amide bonds. The highest BCUT2D eigenvalue weighted by atomic mass is 15.2. The van der Waals surface area contributed by atoms with Gasteiger partial charge < -0.3 is 0 Å². The van der Waals surface area contributed by atoms with Gasteiger partial charge in [-0.3, -0.25) is 10.1 Å². The number of hydrogen-bond acceptors (Lipinski definition) is 2. The van der Waals surface area contributed by atoms with E-state index >= 15 is 0 Å². The van der Waals surface area contributed by atoms with Gasteiger partial charge in [0.1, 0.15) is 5.69 Å². The van der Waals surface area contributed by atoms with Gasteiger partial charge in [-0.15, -0.1) is 0 Å². The van der Waals surface area contributed by atoms with Gasteiger partial charge in [0.15, 0.2) is 0 Å². The number of H-pyrrole nitrogens is 1. The number of rotatable bonds is 3. The van der Waals surface area contributed by atoms with Gasteiger partial charge in [-0.05, 0) is 6.42 Å². The minimum atomic E-state index is 0.0128. The lowest BCUT2D eigenvalue weighted by Gasteiger charge is -2.19. The molecule has 0 bridgehead atoms. The van der Waals surface area contributed by atoms with E-state index in [4.69, 9.17) is 0 Å². The minimum absolute atomic E-state index is 0.0128. The molecule has 1 rings (SSSR count). The summed E-state index contributed by atoms with van der Waals surface area (Å²) in [5.74, 6) is 0. The fraction of sp³-hybridized carbons (Fsp3) is 0.733. The number of aromatic nitrogens is 2. The van der Waals surface area contributed by atoms with Crippen molar-refractivity contribution in [2.75, 3.05) is 0 Å². The summed E-state index contributed by atoms with van der Waals surface area (Å²) in [5.41, 5.74) is 3.26. The van der Waals surface area contributed by atoms with Crippen LogP contribution in [0.3, 0.4) is 0 Å². The molecule has 0 spiro atoms. The van der Waals surface area contributed by atoms with Gasteiger partial charge in [-0.25, -0.2) is 0 Å². The molecule has 1 heterocycles. The van der Waals surface area contributed by atoms with Crippen LogP contribution in [-0.4, -0.2) is 16.4 Å². The Morgan fingerprint density at radius 2 is 1.72 bits per heavy atom. The van der Waals surface area contributed by atoms with Gasteiger partial charge in [0.05, 0.1) is 11.4 Å². The van der Waals surface area contributed by atoms with Crippen LogP contribution in [0.5, 0.6) is 0 Å². The maximum Gasteiger partial charge on any atom is 0.108 e. The van der Waals surface area contributed by atoms with Crippen LogP contribution in [0.1, 0.15) is 72.7 Å². The lowest BCUT2D eigenvalue weighted by Crippen LogP contribution is -2.14. The van der Waals surface area contributed by atoms with Gasteiger partial charge in [-0.2, -0.15) is 5.10 Å². The first kappa shape index (κ1) is 14.9. The number of aliphatic imine (C=N–C) groups is 1. The second-order valence-corrected chi connectivity index (χ2v) is 6.90.